The van der Waals surface area contributed by atoms with Gasteiger partial charge in [-0.15, -0.1) is 0 Å². The SMILES string of the molecule is COC(=O)[C@@H](NC(=O)c1ccccc1CCN)C(C)C. The van der Waals surface area contributed by atoms with Gasteiger partial charge in [-0.2, -0.15) is 0 Å². The van der Waals surface area contributed by atoms with Crippen LogP contribution in [-0.4, -0.2) is 31.6 Å². The number of nitrogens with one attached hydrogen (secondary N) is 1. The molecule has 0 unspecified atom stereocenters. The third-order valence-electron chi connectivity index (χ3n) is 3.08. The highest BCUT2D eigenvalue weighted by Gasteiger charge is 2.25. The van der Waals surface area contributed by atoms with Gasteiger partial charge in [0.2, 0.25) is 0 Å². The van der Waals surface area contributed by atoms with Crippen molar-refractivity contribution in [3.05, 3.63) is 35.4 Å². The van der Waals surface area contributed by atoms with Gasteiger partial charge in [0.25, 0.3) is 5.91 Å². The standard InChI is InChI=1S/C15H22N2O3/c1-10(2)13(15(19)20-3)17-14(18)12-7-5-4-6-11(12)8-9-16/h4-7,10,13H,8-9,16H2,1-3H3,(H,17,18)/t13-/m0/s1. The molecule has 0 saturated carbocycles. The number of rotatable bonds is 6. The van der Waals surface area contributed by atoms with E-state index in [9.17, 15) is 9.59 Å². The molecule has 0 bridgehead atoms. The van der Waals surface area contributed by atoms with Crippen LogP contribution in [0.1, 0.15) is 29.8 Å². The number of benzene rings is 1. The Balaban J connectivity index is 2.92. The van der Waals surface area contributed by atoms with Gasteiger partial charge in [-0.05, 0) is 30.5 Å². The maximum absolute atomic E-state index is 12.3. The molecule has 0 aliphatic carbocycles. The van der Waals surface area contributed by atoms with Crippen molar-refractivity contribution in [3.63, 3.8) is 0 Å². The number of methoxy groups -OCH3 is 1. The van der Waals surface area contributed by atoms with Crippen LogP contribution >= 0.6 is 0 Å². The Kier molecular flexibility index (Phi) is 6.18. The zero-order chi connectivity index (χ0) is 15.1. The zero-order valence-electron chi connectivity index (χ0n) is 12.2. The molecule has 1 aromatic carbocycles. The molecule has 0 heterocycles. The molecule has 0 spiro atoms. The lowest BCUT2D eigenvalue weighted by atomic mass is 10.0. The summed E-state index contributed by atoms with van der Waals surface area (Å²) < 4.78 is 4.71. The van der Waals surface area contributed by atoms with Crippen molar-refractivity contribution in [3.8, 4) is 0 Å². The third-order valence-corrected chi connectivity index (χ3v) is 3.08. The largest absolute Gasteiger partial charge is 0.467 e. The van der Waals surface area contributed by atoms with Gasteiger partial charge in [0, 0.05) is 5.56 Å². The van der Waals surface area contributed by atoms with Crippen molar-refractivity contribution >= 4 is 11.9 Å². The number of carbonyl (C=O) groups is 2. The predicted octanol–water partition coefficient (Wildman–Crippen LogP) is 1.12. The van der Waals surface area contributed by atoms with Gasteiger partial charge in [-0.25, -0.2) is 4.79 Å². The number of nitrogens with two attached hydrogens (primary N) is 1. The van der Waals surface area contributed by atoms with Crippen LogP contribution in [0.25, 0.3) is 0 Å². The summed E-state index contributed by atoms with van der Waals surface area (Å²) in [7, 11) is 1.31. The van der Waals surface area contributed by atoms with Crippen LogP contribution in [0.15, 0.2) is 24.3 Å². The fourth-order valence-electron chi connectivity index (χ4n) is 1.96. The predicted molar refractivity (Wildman–Crippen MR) is 77.3 cm³/mol. The van der Waals surface area contributed by atoms with Crippen LogP contribution < -0.4 is 11.1 Å². The minimum absolute atomic E-state index is 0.0481. The molecule has 1 aromatic rings. The second-order valence-electron chi connectivity index (χ2n) is 4.91. The lowest BCUT2D eigenvalue weighted by Gasteiger charge is -2.20. The van der Waals surface area contributed by atoms with Gasteiger partial charge < -0.3 is 15.8 Å². The van der Waals surface area contributed by atoms with Crippen LogP contribution in [0, 0.1) is 5.92 Å². The van der Waals surface area contributed by atoms with E-state index < -0.39 is 12.0 Å². The molecule has 5 nitrogen and oxygen atoms in total. The molecule has 20 heavy (non-hydrogen) atoms. The maximum atomic E-state index is 12.3. The second-order valence-corrected chi connectivity index (χ2v) is 4.91. The number of esters is 1. The van der Waals surface area contributed by atoms with Gasteiger partial charge in [0.05, 0.1) is 7.11 Å². The molecule has 0 saturated heterocycles. The Morgan fingerprint density at radius 1 is 1.30 bits per heavy atom. The molecule has 3 N–H and O–H groups in total. The number of hydrogen-bond acceptors (Lipinski definition) is 4. The fourth-order valence-corrected chi connectivity index (χ4v) is 1.96. The van der Waals surface area contributed by atoms with E-state index in [1.54, 1.807) is 12.1 Å². The zero-order valence-corrected chi connectivity index (χ0v) is 12.2. The highest BCUT2D eigenvalue weighted by molar-refractivity contribution is 5.98. The quantitative estimate of drug-likeness (QED) is 0.764. The van der Waals surface area contributed by atoms with Crippen LogP contribution in [0.2, 0.25) is 0 Å². The Morgan fingerprint density at radius 3 is 2.50 bits per heavy atom. The number of hydrogen-bond donors (Lipinski definition) is 2. The van der Waals surface area contributed by atoms with Crippen molar-refractivity contribution in [2.45, 2.75) is 26.3 Å². The molecule has 0 aromatic heterocycles. The van der Waals surface area contributed by atoms with Gasteiger partial charge in [-0.1, -0.05) is 32.0 Å². The van der Waals surface area contributed by atoms with Crippen molar-refractivity contribution in [2.24, 2.45) is 11.7 Å². The van der Waals surface area contributed by atoms with E-state index in [4.69, 9.17) is 10.5 Å². The first kappa shape index (κ1) is 16.2. The topological polar surface area (TPSA) is 81.4 Å². The van der Waals surface area contributed by atoms with E-state index in [1.807, 2.05) is 26.0 Å². The minimum atomic E-state index is -0.654. The van der Waals surface area contributed by atoms with E-state index in [1.165, 1.54) is 7.11 Å². The summed E-state index contributed by atoms with van der Waals surface area (Å²) in [5.41, 5.74) is 6.97. The smallest absolute Gasteiger partial charge is 0.328 e. The average Bonchev–Trinajstić information content (AvgIpc) is 2.44. The Labute approximate surface area is 119 Å². The van der Waals surface area contributed by atoms with Crippen molar-refractivity contribution in [1.29, 1.82) is 0 Å². The van der Waals surface area contributed by atoms with Gasteiger partial charge in [0.15, 0.2) is 0 Å². The molecule has 1 amide bonds. The normalized spacial score (nSPS) is 12.1. The Morgan fingerprint density at radius 2 is 1.95 bits per heavy atom. The van der Waals surface area contributed by atoms with Crippen molar-refractivity contribution in [2.75, 3.05) is 13.7 Å². The summed E-state index contributed by atoms with van der Waals surface area (Å²) in [4.78, 5) is 24.0. The van der Waals surface area contributed by atoms with Crippen LogP contribution in [-0.2, 0) is 16.0 Å². The molecule has 1 rings (SSSR count). The maximum Gasteiger partial charge on any atom is 0.328 e. The van der Waals surface area contributed by atoms with Crippen molar-refractivity contribution < 1.29 is 14.3 Å². The second kappa shape index (κ2) is 7.65. The summed E-state index contributed by atoms with van der Waals surface area (Å²) in [5.74, 6) is -0.768. The number of ether oxygens (including phenoxy) is 1. The van der Waals surface area contributed by atoms with Gasteiger partial charge in [-0.3, -0.25) is 4.79 Å². The average molecular weight is 278 g/mol. The molecule has 5 heteroatoms. The van der Waals surface area contributed by atoms with Crippen molar-refractivity contribution in [1.82, 2.24) is 5.32 Å². The van der Waals surface area contributed by atoms with E-state index in [2.05, 4.69) is 5.32 Å². The number of carbonyl (C=O) groups excluding carboxylic acids is 2. The summed E-state index contributed by atoms with van der Waals surface area (Å²) >= 11 is 0. The van der Waals surface area contributed by atoms with Gasteiger partial charge in [0.1, 0.15) is 6.04 Å². The summed E-state index contributed by atoms with van der Waals surface area (Å²) in [6, 6.07) is 6.59. The first-order valence-electron chi connectivity index (χ1n) is 6.68. The minimum Gasteiger partial charge on any atom is -0.467 e. The first-order valence-corrected chi connectivity index (χ1v) is 6.68. The van der Waals surface area contributed by atoms with E-state index >= 15 is 0 Å². The summed E-state index contributed by atoms with van der Waals surface area (Å²) in [6.45, 7) is 4.18. The van der Waals surface area contributed by atoms with Crippen LogP contribution in [0.4, 0.5) is 0 Å². The molecule has 0 fully saturated rings. The summed E-state index contributed by atoms with van der Waals surface area (Å²) in [5, 5.41) is 2.73. The number of amides is 1. The van der Waals surface area contributed by atoms with E-state index in [0.717, 1.165) is 5.56 Å². The van der Waals surface area contributed by atoms with Gasteiger partial charge >= 0.3 is 5.97 Å². The third kappa shape index (κ3) is 4.06. The molecule has 0 aliphatic heterocycles. The molecule has 0 radical (unpaired) electrons. The van der Waals surface area contributed by atoms with E-state index in [0.29, 0.717) is 18.5 Å². The molecule has 110 valence electrons. The highest BCUT2D eigenvalue weighted by atomic mass is 16.5. The van der Waals surface area contributed by atoms with E-state index in [-0.39, 0.29) is 11.8 Å². The highest BCUT2D eigenvalue weighted by Crippen LogP contribution is 2.11. The molecular weight excluding hydrogens is 256 g/mol. The molecule has 0 aliphatic rings. The summed E-state index contributed by atoms with van der Waals surface area (Å²) in [6.07, 6.45) is 0.619. The molecular formula is C15H22N2O3. The Hall–Kier alpha value is -1.88. The monoisotopic (exact) mass is 278 g/mol. The lowest BCUT2D eigenvalue weighted by Crippen LogP contribution is -2.45. The lowest BCUT2D eigenvalue weighted by molar-refractivity contribution is -0.144. The fraction of sp³-hybridized carbons (Fsp3) is 0.467. The first-order chi connectivity index (χ1) is 9.51. The Bertz CT molecular complexity index is 472. The van der Waals surface area contributed by atoms with Crippen LogP contribution in [0.3, 0.4) is 0 Å². The van der Waals surface area contributed by atoms with Crippen LogP contribution in [0.5, 0.6) is 0 Å². The molecule has 1 atom stereocenters.